The maximum Gasteiger partial charge on any atom is 0.259 e. The van der Waals surface area contributed by atoms with Crippen LogP contribution in [0.5, 0.6) is 0 Å². The Balaban J connectivity index is 1.63. The number of carbonyl (C=O) groups excluding carboxylic acids is 1. The summed E-state index contributed by atoms with van der Waals surface area (Å²) < 4.78 is 28.9. The molecule has 0 saturated carbocycles. The molecule has 1 amide bonds. The van der Waals surface area contributed by atoms with Gasteiger partial charge >= 0.3 is 0 Å². The Morgan fingerprint density at radius 3 is 2.93 bits per heavy atom. The van der Waals surface area contributed by atoms with Gasteiger partial charge in [0, 0.05) is 18.4 Å². The number of aromatic nitrogens is 4. The maximum absolute atomic E-state index is 12.8. The first kappa shape index (κ1) is 17.1. The Labute approximate surface area is 154 Å². The van der Waals surface area contributed by atoms with Gasteiger partial charge in [-0.1, -0.05) is 6.07 Å². The van der Waals surface area contributed by atoms with Crippen LogP contribution in [0.1, 0.15) is 5.56 Å². The third-order valence-corrected chi connectivity index (χ3v) is 5.31. The third kappa shape index (κ3) is 3.36. The number of nitrogens with one attached hydrogen (secondary N) is 1. The molecule has 1 N–H and O–H groups in total. The van der Waals surface area contributed by atoms with Crippen molar-refractivity contribution in [2.45, 2.75) is 6.92 Å². The Bertz CT molecular complexity index is 1100. The minimum absolute atomic E-state index is 0.0804. The predicted molar refractivity (Wildman–Crippen MR) is 97.7 cm³/mol. The maximum atomic E-state index is 12.8. The molecular formula is C16H15N7O3S. The van der Waals surface area contributed by atoms with Gasteiger partial charge < -0.3 is 10.2 Å². The van der Waals surface area contributed by atoms with Crippen LogP contribution in [0, 0.1) is 6.92 Å². The van der Waals surface area contributed by atoms with Crippen LogP contribution in [0.25, 0.3) is 5.69 Å². The van der Waals surface area contributed by atoms with Crippen molar-refractivity contribution in [1.82, 2.24) is 25.1 Å². The highest BCUT2D eigenvalue weighted by Gasteiger charge is 2.30. The first-order valence-electron chi connectivity index (χ1n) is 8.06. The van der Waals surface area contributed by atoms with Crippen LogP contribution in [0.2, 0.25) is 0 Å². The largest absolute Gasteiger partial charge is 0.331 e. The van der Waals surface area contributed by atoms with Crippen molar-refractivity contribution in [1.29, 1.82) is 0 Å². The molecule has 0 radical (unpaired) electrons. The van der Waals surface area contributed by atoms with Crippen LogP contribution >= 0.6 is 0 Å². The summed E-state index contributed by atoms with van der Waals surface area (Å²) in [4.78, 5) is 14.4. The molecule has 0 atom stereocenters. The normalized spacial score (nSPS) is 17.7. The summed E-state index contributed by atoms with van der Waals surface area (Å²) in [6.45, 7) is 2.16. The number of carbonyl (C=O) groups is 1. The standard InChI is InChI=1S/C16H15N7O3S/c1-11-4-5-12(9-14(11)23-10-17-20-21-23)18-16(24)13-3-2-6-22-7-8-27(25,26)19-15(13)22/h2-6,9-10H,7-8H2,1H3,(H,18,24). The summed E-state index contributed by atoms with van der Waals surface area (Å²) in [5.41, 5.74) is 2.35. The van der Waals surface area contributed by atoms with Gasteiger partial charge in [0.2, 0.25) is 0 Å². The lowest BCUT2D eigenvalue weighted by Gasteiger charge is -2.28. The molecule has 10 nitrogen and oxygen atoms in total. The second-order valence-electron chi connectivity index (χ2n) is 6.03. The van der Waals surface area contributed by atoms with E-state index in [0.29, 0.717) is 5.69 Å². The number of sulfonamides is 1. The van der Waals surface area contributed by atoms with E-state index >= 15 is 0 Å². The molecule has 0 saturated heterocycles. The number of nitrogens with zero attached hydrogens (tertiary/aromatic N) is 6. The first-order chi connectivity index (χ1) is 12.9. The fraction of sp³-hybridized carbons (Fsp3) is 0.188. The molecule has 0 unspecified atom stereocenters. The quantitative estimate of drug-likeness (QED) is 0.812. The van der Waals surface area contributed by atoms with Crippen molar-refractivity contribution in [3.8, 4) is 5.69 Å². The molecule has 2 aliphatic heterocycles. The Hall–Kier alpha value is -3.34. The second kappa shape index (κ2) is 6.43. The highest BCUT2D eigenvalue weighted by atomic mass is 32.2. The van der Waals surface area contributed by atoms with Crippen LogP contribution in [-0.2, 0) is 14.8 Å². The molecule has 0 fully saturated rings. The highest BCUT2D eigenvalue weighted by Crippen LogP contribution is 2.22. The zero-order chi connectivity index (χ0) is 19.0. The Morgan fingerprint density at radius 2 is 2.15 bits per heavy atom. The number of fused-ring (bicyclic) bond motifs is 1. The predicted octanol–water partition coefficient (Wildman–Crippen LogP) is 0.407. The van der Waals surface area contributed by atoms with Crippen molar-refractivity contribution in [2.24, 2.45) is 4.40 Å². The molecular weight excluding hydrogens is 370 g/mol. The summed E-state index contributed by atoms with van der Waals surface area (Å²) in [6.07, 6.45) is 6.39. The third-order valence-electron chi connectivity index (χ3n) is 4.17. The highest BCUT2D eigenvalue weighted by molar-refractivity contribution is 7.90. The van der Waals surface area contributed by atoms with E-state index in [1.165, 1.54) is 11.0 Å². The van der Waals surface area contributed by atoms with Crippen LogP contribution in [0.15, 0.2) is 52.8 Å². The molecule has 0 aliphatic carbocycles. The number of hydrogen-bond acceptors (Lipinski definition) is 7. The van der Waals surface area contributed by atoms with Gasteiger partial charge in [-0.2, -0.15) is 0 Å². The molecule has 2 aromatic rings. The number of allylic oxidation sites excluding steroid dienone is 2. The molecule has 4 rings (SSSR count). The lowest BCUT2D eigenvalue weighted by molar-refractivity contribution is -0.112. The molecule has 0 spiro atoms. The molecule has 3 heterocycles. The topological polar surface area (TPSA) is 122 Å². The molecule has 1 aromatic carbocycles. The SMILES string of the molecule is Cc1ccc(NC(=O)C2=CC=CN3CCS(=O)(=O)N=C23)cc1-n1cnnn1. The summed E-state index contributed by atoms with van der Waals surface area (Å²) in [6, 6.07) is 5.31. The smallest absolute Gasteiger partial charge is 0.259 e. The Kier molecular flexibility index (Phi) is 4.07. The molecule has 0 bridgehead atoms. The number of amidine groups is 1. The number of tetrazole rings is 1. The van der Waals surface area contributed by atoms with Crippen LogP contribution in [-0.4, -0.2) is 57.6 Å². The Morgan fingerprint density at radius 1 is 1.30 bits per heavy atom. The lowest BCUT2D eigenvalue weighted by atomic mass is 10.1. The minimum Gasteiger partial charge on any atom is -0.331 e. The van der Waals surface area contributed by atoms with E-state index in [0.717, 1.165) is 11.3 Å². The van der Waals surface area contributed by atoms with Gasteiger partial charge in [0.05, 0.1) is 17.0 Å². The van der Waals surface area contributed by atoms with Gasteiger partial charge in [-0.3, -0.25) is 4.79 Å². The summed E-state index contributed by atoms with van der Waals surface area (Å²) in [5, 5.41) is 13.9. The van der Waals surface area contributed by atoms with E-state index in [1.807, 2.05) is 13.0 Å². The van der Waals surface area contributed by atoms with Crippen molar-refractivity contribution >= 4 is 27.5 Å². The van der Waals surface area contributed by atoms with Gasteiger partial charge in [0.1, 0.15) is 6.33 Å². The van der Waals surface area contributed by atoms with Crippen LogP contribution < -0.4 is 5.32 Å². The van der Waals surface area contributed by atoms with E-state index in [4.69, 9.17) is 0 Å². The van der Waals surface area contributed by atoms with Gasteiger partial charge in [0.15, 0.2) is 5.84 Å². The average molecular weight is 385 g/mol. The van der Waals surface area contributed by atoms with Gasteiger partial charge in [-0.15, -0.1) is 9.50 Å². The van der Waals surface area contributed by atoms with Crippen molar-refractivity contribution in [2.75, 3.05) is 17.6 Å². The lowest BCUT2D eigenvalue weighted by Crippen LogP contribution is -2.40. The van der Waals surface area contributed by atoms with E-state index in [1.54, 1.807) is 35.4 Å². The number of hydrogen-bond donors (Lipinski definition) is 1. The summed E-state index contributed by atoms with van der Waals surface area (Å²) in [5.74, 6) is -0.399. The number of anilines is 1. The summed E-state index contributed by atoms with van der Waals surface area (Å²) in [7, 11) is -3.57. The van der Waals surface area contributed by atoms with Crippen LogP contribution in [0.4, 0.5) is 5.69 Å². The van der Waals surface area contributed by atoms with Gasteiger partial charge in [0.25, 0.3) is 15.9 Å². The van der Waals surface area contributed by atoms with Crippen molar-refractivity contribution in [3.63, 3.8) is 0 Å². The number of amides is 1. The molecule has 2 aliphatic rings. The average Bonchev–Trinajstić information content (AvgIpc) is 3.16. The molecule has 27 heavy (non-hydrogen) atoms. The van der Waals surface area contributed by atoms with Gasteiger partial charge in [-0.05, 0) is 47.2 Å². The molecule has 1 aromatic heterocycles. The van der Waals surface area contributed by atoms with Crippen molar-refractivity contribution in [3.05, 3.63) is 54.0 Å². The van der Waals surface area contributed by atoms with Crippen molar-refractivity contribution < 1.29 is 13.2 Å². The second-order valence-corrected chi connectivity index (χ2v) is 7.78. The zero-order valence-corrected chi connectivity index (χ0v) is 15.1. The van der Waals surface area contributed by atoms with Crippen LogP contribution in [0.3, 0.4) is 0 Å². The monoisotopic (exact) mass is 385 g/mol. The number of aryl methyl sites for hydroxylation is 1. The fourth-order valence-corrected chi connectivity index (χ4v) is 3.78. The zero-order valence-electron chi connectivity index (χ0n) is 14.3. The molecule has 11 heteroatoms. The first-order valence-corrected chi connectivity index (χ1v) is 9.67. The minimum atomic E-state index is -3.57. The van der Waals surface area contributed by atoms with E-state index < -0.39 is 15.9 Å². The van der Waals surface area contributed by atoms with E-state index in [-0.39, 0.29) is 23.7 Å². The number of rotatable bonds is 3. The van der Waals surface area contributed by atoms with E-state index in [9.17, 15) is 13.2 Å². The number of benzene rings is 1. The molecule has 138 valence electrons. The fourth-order valence-electron chi connectivity index (χ4n) is 2.80. The van der Waals surface area contributed by atoms with E-state index in [2.05, 4.69) is 25.2 Å². The summed E-state index contributed by atoms with van der Waals surface area (Å²) >= 11 is 0. The van der Waals surface area contributed by atoms with Gasteiger partial charge in [-0.25, -0.2) is 13.1 Å².